The van der Waals surface area contributed by atoms with Gasteiger partial charge in [0.05, 0.1) is 0 Å². The number of rotatable bonds is 5. The molecule has 1 heterocycles. The number of carbonyl (C=O) groups excluding carboxylic acids is 1. The van der Waals surface area contributed by atoms with E-state index in [2.05, 4.69) is 30.0 Å². The van der Waals surface area contributed by atoms with E-state index in [0.717, 1.165) is 12.0 Å². The number of amides is 1. The van der Waals surface area contributed by atoms with E-state index in [1.54, 1.807) is 0 Å². The Morgan fingerprint density at radius 1 is 1.20 bits per heavy atom. The highest BCUT2D eigenvalue weighted by Gasteiger charge is 2.29. The van der Waals surface area contributed by atoms with Crippen LogP contribution in [0, 0.1) is 5.92 Å². The van der Waals surface area contributed by atoms with Crippen LogP contribution in [0.1, 0.15) is 36.2 Å². The maximum Gasteiger partial charge on any atom is 0.251 e. The Kier molecular flexibility index (Phi) is 5.11. The molecule has 0 saturated carbocycles. The number of hydrazine groups is 1. The zero-order valence-electron chi connectivity index (χ0n) is 12.1. The summed E-state index contributed by atoms with van der Waals surface area (Å²) in [7, 11) is 0. The fraction of sp³-hybridized carbons (Fsp3) is 0.533. The van der Waals surface area contributed by atoms with Crippen LogP contribution in [0.2, 0.25) is 0 Å². The van der Waals surface area contributed by atoms with Gasteiger partial charge >= 0.3 is 0 Å². The molecule has 5 nitrogen and oxygen atoms in total. The highest BCUT2D eigenvalue weighted by atomic mass is 16.1. The lowest BCUT2D eigenvalue weighted by Crippen LogP contribution is -2.30. The minimum atomic E-state index is -0.0206. The van der Waals surface area contributed by atoms with Crippen LogP contribution in [0.15, 0.2) is 24.3 Å². The standard InChI is InChI=1S/C15H24N4O/c1-10-14(11(2)19-18-10)7-8-17-15(20)13-5-3-12(9-16)4-6-13/h3-6,10-11,14,18-19H,7-9,16H2,1-2H3,(H,17,20). The Morgan fingerprint density at radius 2 is 1.80 bits per heavy atom. The number of nitrogens with two attached hydrogens (primary N) is 1. The van der Waals surface area contributed by atoms with E-state index in [1.807, 2.05) is 24.3 Å². The minimum Gasteiger partial charge on any atom is -0.352 e. The molecule has 0 aliphatic carbocycles. The molecule has 110 valence electrons. The highest BCUT2D eigenvalue weighted by Crippen LogP contribution is 2.17. The third kappa shape index (κ3) is 3.56. The van der Waals surface area contributed by atoms with Crippen molar-refractivity contribution in [1.82, 2.24) is 16.2 Å². The normalized spacial score (nSPS) is 25.6. The van der Waals surface area contributed by atoms with Gasteiger partial charge in [0, 0.05) is 30.7 Å². The van der Waals surface area contributed by atoms with Crippen LogP contribution in [0.4, 0.5) is 0 Å². The quantitative estimate of drug-likeness (QED) is 0.640. The zero-order chi connectivity index (χ0) is 14.5. The monoisotopic (exact) mass is 276 g/mol. The molecular formula is C15H24N4O. The van der Waals surface area contributed by atoms with E-state index in [-0.39, 0.29) is 5.91 Å². The lowest BCUT2D eigenvalue weighted by atomic mass is 9.93. The van der Waals surface area contributed by atoms with Crippen LogP contribution in [-0.2, 0) is 6.54 Å². The summed E-state index contributed by atoms with van der Waals surface area (Å²) < 4.78 is 0. The first-order valence-electron chi connectivity index (χ1n) is 7.20. The fourth-order valence-electron chi connectivity index (χ4n) is 2.66. The Balaban J connectivity index is 1.79. The summed E-state index contributed by atoms with van der Waals surface area (Å²) in [5, 5.41) is 2.98. The van der Waals surface area contributed by atoms with Crippen molar-refractivity contribution in [3.05, 3.63) is 35.4 Å². The van der Waals surface area contributed by atoms with Crippen LogP contribution >= 0.6 is 0 Å². The predicted molar refractivity (Wildman–Crippen MR) is 80.0 cm³/mol. The van der Waals surface area contributed by atoms with E-state index in [4.69, 9.17) is 5.73 Å². The van der Waals surface area contributed by atoms with Gasteiger partial charge in [-0.25, -0.2) is 0 Å². The SMILES string of the molecule is CC1NNC(C)C1CCNC(=O)c1ccc(CN)cc1. The van der Waals surface area contributed by atoms with Crippen molar-refractivity contribution in [3.8, 4) is 0 Å². The Labute approximate surface area is 120 Å². The number of nitrogens with one attached hydrogen (secondary N) is 3. The van der Waals surface area contributed by atoms with Gasteiger partial charge in [0.1, 0.15) is 0 Å². The van der Waals surface area contributed by atoms with Gasteiger partial charge in [0.25, 0.3) is 5.91 Å². The lowest BCUT2D eigenvalue weighted by molar-refractivity contribution is 0.0950. The van der Waals surface area contributed by atoms with E-state index in [0.29, 0.717) is 36.7 Å². The molecule has 0 bridgehead atoms. The molecule has 1 aliphatic heterocycles. The summed E-state index contributed by atoms with van der Waals surface area (Å²) in [6, 6.07) is 8.30. The average molecular weight is 276 g/mol. The number of hydrogen-bond donors (Lipinski definition) is 4. The van der Waals surface area contributed by atoms with E-state index in [9.17, 15) is 4.79 Å². The van der Waals surface area contributed by atoms with Crippen molar-refractivity contribution >= 4 is 5.91 Å². The molecule has 0 radical (unpaired) electrons. The highest BCUT2D eigenvalue weighted by molar-refractivity contribution is 5.94. The minimum absolute atomic E-state index is 0.0206. The van der Waals surface area contributed by atoms with Crippen LogP contribution < -0.4 is 21.9 Å². The van der Waals surface area contributed by atoms with Crippen LogP contribution in [-0.4, -0.2) is 24.5 Å². The maximum atomic E-state index is 12.0. The summed E-state index contributed by atoms with van der Waals surface area (Å²) in [4.78, 5) is 12.0. The molecule has 5 N–H and O–H groups in total. The first kappa shape index (κ1) is 15.0. The summed E-state index contributed by atoms with van der Waals surface area (Å²) >= 11 is 0. The van der Waals surface area contributed by atoms with Gasteiger partial charge in [-0.3, -0.25) is 15.6 Å². The maximum absolute atomic E-state index is 12.0. The van der Waals surface area contributed by atoms with Gasteiger partial charge in [0.2, 0.25) is 0 Å². The molecule has 1 amide bonds. The second-order valence-corrected chi connectivity index (χ2v) is 5.48. The van der Waals surface area contributed by atoms with Gasteiger partial charge in [-0.15, -0.1) is 0 Å². The van der Waals surface area contributed by atoms with E-state index in [1.165, 1.54) is 0 Å². The Bertz CT molecular complexity index is 436. The molecule has 0 aromatic heterocycles. The first-order valence-corrected chi connectivity index (χ1v) is 7.20. The molecule has 1 saturated heterocycles. The number of benzene rings is 1. The molecule has 2 rings (SSSR count). The van der Waals surface area contributed by atoms with Crippen molar-refractivity contribution in [2.24, 2.45) is 11.7 Å². The molecule has 1 fully saturated rings. The van der Waals surface area contributed by atoms with E-state index < -0.39 is 0 Å². The molecule has 2 atom stereocenters. The molecule has 20 heavy (non-hydrogen) atoms. The predicted octanol–water partition coefficient (Wildman–Crippen LogP) is 0.766. The van der Waals surface area contributed by atoms with Crippen LogP contribution in [0.3, 0.4) is 0 Å². The summed E-state index contributed by atoms with van der Waals surface area (Å²) in [5.41, 5.74) is 13.7. The van der Waals surface area contributed by atoms with Crippen molar-refractivity contribution < 1.29 is 4.79 Å². The van der Waals surface area contributed by atoms with Gasteiger partial charge in [-0.05, 0) is 43.9 Å². The second-order valence-electron chi connectivity index (χ2n) is 5.48. The van der Waals surface area contributed by atoms with Crippen molar-refractivity contribution in [3.63, 3.8) is 0 Å². The molecular weight excluding hydrogens is 252 g/mol. The molecule has 1 aromatic carbocycles. The smallest absolute Gasteiger partial charge is 0.251 e. The topological polar surface area (TPSA) is 79.2 Å². The van der Waals surface area contributed by atoms with Gasteiger partial charge in [0.15, 0.2) is 0 Å². The average Bonchev–Trinajstić information content (AvgIpc) is 2.79. The summed E-state index contributed by atoms with van der Waals surface area (Å²) in [6.45, 7) is 5.52. The van der Waals surface area contributed by atoms with Crippen LogP contribution in [0.5, 0.6) is 0 Å². The van der Waals surface area contributed by atoms with Gasteiger partial charge in [-0.1, -0.05) is 12.1 Å². The fourth-order valence-corrected chi connectivity index (χ4v) is 2.66. The molecule has 1 aromatic rings. The number of carbonyl (C=O) groups is 1. The van der Waals surface area contributed by atoms with Crippen molar-refractivity contribution in [2.45, 2.75) is 38.9 Å². The van der Waals surface area contributed by atoms with Crippen molar-refractivity contribution in [1.29, 1.82) is 0 Å². The molecule has 5 heteroatoms. The van der Waals surface area contributed by atoms with Gasteiger partial charge in [-0.2, -0.15) is 0 Å². The first-order chi connectivity index (χ1) is 9.61. The lowest BCUT2D eigenvalue weighted by Gasteiger charge is -2.17. The second kappa shape index (κ2) is 6.83. The Hall–Kier alpha value is -1.43. The molecule has 1 aliphatic rings. The van der Waals surface area contributed by atoms with E-state index >= 15 is 0 Å². The number of hydrogen-bond acceptors (Lipinski definition) is 4. The largest absolute Gasteiger partial charge is 0.352 e. The molecule has 2 unspecified atom stereocenters. The molecule has 0 spiro atoms. The third-order valence-electron chi connectivity index (χ3n) is 4.04. The summed E-state index contributed by atoms with van der Waals surface area (Å²) in [5.74, 6) is 0.516. The zero-order valence-corrected chi connectivity index (χ0v) is 12.1. The third-order valence-corrected chi connectivity index (χ3v) is 4.04. The van der Waals surface area contributed by atoms with Crippen molar-refractivity contribution in [2.75, 3.05) is 6.54 Å². The van der Waals surface area contributed by atoms with Crippen LogP contribution in [0.25, 0.3) is 0 Å². The van der Waals surface area contributed by atoms with Gasteiger partial charge < -0.3 is 11.1 Å². The Morgan fingerprint density at radius 3 is 2.35 bits per heavy atom. The summed E-state index contributed by atoms with van der Waals surface area (Å²) in [6.07, 6.45) is 0.967.